The van der Waals surface area contributed by atoms with E-state index in [1.54, 1.807) is 0 Å². The molecule has 110 valence electrons. The largest absolute Gasteiger partial charge is 0.481 e. The first-order valence-electron chi connectivity index (χ1n) is 7.19. The molecule has 0 aliphatic carbocycles. The summed E-state index contributed by atoms with van der Waals surface area (Å²) in [5, 5.41) is 9.21. The van der Waals surface area contributed by atoms with Crippen LogP contribution in [0, 0.1) is 13.8 Å². The maximum absolute atomic E-state index is 11.2. The lowest BCUT2D eigenvalue weighted by molar-refractivity contribution is -0.138. The van der Waals surface area contributed by atoms with Gasteiger partial charge >= 0.3 is 5.97 Å². The van der Waals surface area contributed by atoms with Gasteiger partial charge in [0.25, 0.3) is 0 Å². The van der Waals surface area contributed by atoms with E-state index in [9.17, 15) is 9.90 Å². The smallest absolute Gasteiger partial charge is 0.305 e. The Bertz CT molecular complexity index is 479. The van der Waals surface area contributed by atoms with E-state index in [4.69, 9.17) is 0 Å². The van der Waals surface area contributed by atoms with Gasteiger partial charge in [-0.3, -0.25) is 9.69 Å². The Morgan fingerprint density at radius 3 is 2.40 bits per heavy atom. The van der Waals surface area contributed by atoms with Crippen LogP contribution in [-0.2, 0) is 4.79 Å². The molecule has 1 heterocycles. The number of benzene rings is 1. The Hall–Kier alpha value is -1.39. The van der Waals surface area contributed by atoms with Crippen LogP contribution in [0.25, 0.3) is 0 Å². The van der Waals surface area contributed by atoms with Crippen LogP contribution < -0.4 is 0 Å². The molecule has 1 saturated heterocycles. The third-order valence-corrected chi connectivity index (χ3v) is 4.26. The Kier molecular flexibility index (Phi) is 4.78. The first kappa shape index (κ1) is 15.0. The number of aryl methyl sites for hydroxylation is 2. The highest BCUT2D eigenvalue weighted by Gasteiger charge is 2.26. The molecule has 1 unspecified atom stereocenters. The van der Waals surface area contributed by atoms with Gasteiger partial charge in [-0.15, -0.1) is 0 Å². The van der Waals surface area contributed by atoms with Gasteiger partial charge < -0.3 is 10.0 Å². The molecule has 20 heavy (non-hydrogen) atoms. The molecule has 1 aliphatic rings. The lowest BCUT2D eigenvalue weighted by atomic mass is 9.97. The van der Waals surface area contributed by atoms with Crippen molar-refractivity contribution in [3.05, 3.63) is 34.9 Å². The van der Waals surface area contributed by atoms with E-state index < -0.39 is 5.97 Å². The summed E-state index contributed by atoms with van der Waals surface area (Å²) in [5.74, 6) is -0.729. The van der Waals surface area contributed by atoms with Crippen molar-refractivity contribution in [3.8, 4) is 0 Å². The lowest BCUT2D eigenvalue weighted by Gasteiger charge is -2.37. The second-order valence-electron chi connectivity index (χ2n) is 5.80. The minimum Gasteiger partial charge on any atom is -0.481 e. The number of nitrogens with zero attached hydrogens (tertiary/aromatic N) is 2. The maximum Gasteiger partial charge on any atom is 0.305 e. The summed E-state index contributed by atoms with van der Waals surface area (Å²) >= 11 is 0. The monoisotopic (exact) mass is 276 g/mol. The van der Waals surface area contributed by atoms with E-state index in [0.29, 0.717) is 0 Å². The minimum atomic E-state index is -0.729. The zero-order valence-electron chi connectivity index (χ0n) is 12.6. The fraction of sp³-hybridized carbons (Fsp3) is 0.562. The second-order valence-corrected chi connectivity index (χ2v) is 5.80. The first-order valence-corrected chi connectivity index (χ1v) is 7.19. The van der Waals surface area contributed by atoms with Crippen molar-refractivity contribution < 1.29 is 9.90 Å². The molecule has 0 radical (unpaired) electrons. The molecule has 1 aromatic carbocycles. The summed E-state index contributed by atoms with van der Waals surface area (Å²) in [6, 6.07) is 6.30. The van der Waals surface area contributed by atoms with Gasteiger partial charge in [0.2, 0.25) is 0 Å². The number of hydrogen-bond donors (Lipinski definition) is 1. The molecule has 2 rings (SSSR count). The molecule has 1 aliphatic heterocycles. The Morgan fingerprint density at radius 2 is 1.85 bits per heavy atom. The number of aliphatic carboxylic acids is 1. The van der Waals surface area contributed by atoms with Crippen LogP contribution in [0.1, 0.15) is 29.2 Å². The van der Waals surface area contributed by atoms with Crippen LogP contribution in [0.15, 0.2) is 18.2 Å². The predicted octanol–water partition coefficient (Wildman–Crippen LogP) is 2.07. The van der Waals surface area contributed by atoms with Gasteiger partial charge in [-0.05, 0) is 37.6 Å². The van der Waals surface area contributed by atoms with Gasteiger partial charge in [-0.2, -0.15) is 0 Å². The number of carboxylic acids is 1. The van der Waals surface area contributed by atoms with E-state index in [-0.39, 0.29) is 12.5 Å². The van der Waals surface area contributed by atoms with Gasteiger partial charge in [0.1, 0.15) is 0 Å². The highest BCUT2D eigenvalue weighted by atomic mass is 16.4. The van der Waals surface area contributed by atoms with Crippen molar-refractivity contribution in [3.63, 3.8) is 0 Å². The van der Waals surface area contributed by atoms with Gasteiger partial charge in [0.15, 0.2) is 0 Å². The highest BCUT2D eigenvalue weighted by molar-refractivity contribution is 5.68. The Balaban J connectivity index is 2.22. The highest BCUT2D eigenvalue weighted by Crippen LogP contribution is 2.27. The fourth-order valence-electron chi connectivity index (χ4n) is 2.73. The number of piperazine rings is 1. The van der Waals surface area contributed by atoms with Crippen LogP contribution in [-0.4, -0.2) is 54.1 Å². The molecule has 0 saturated carbocycles. The summed E-state index contributed by atoms with van der Waals surface area (Å²) in [6.07, 6.45) is 0.173. The first-order chi connectivity index (χ1) is 9.47. The third kappa shape index (κ3) is 3.58. The standard InChI is InChI=1S/C16H24N2O2/c1-12-4-5-14(10-13(12)2)15(11-16(19)20)18-8-6-17(3)7-9-18/h4-5,10,15H,6-9,11H2,1-3H3,(H,19,20). The Labute approximate surface area is 121 Å². The second kappa shape index (κ2) is 6.37. The number of rotatable bonds is 4. The van der Waals surface area contributed by atoms with Crippen LogP contribution in [0.4, 0.5) is 0 Å². The van der Waals surface area contributed by atoms with Crippen LogP contribution in [0.3, 0.4) is 0 Å². The molecule has 1 fully saturated rings. The van der Waals surface area contributed by atoms with E-state index in [0.717, 1.165) is 31.7 Å². The fourth-order valence-corrected chi connectivity index (χ4v) is 2.73. The molecule has 0 aromatic heterocycles. The minimum absolute atomic E-state index is 0.0134. The molecular formula is C16H24N2O2. The van der Waals surface area contributed by atoms with Gasteiger partial charge in [-0.25, -0.2) is 0 Å². The van der Waals surface area contributed by atoms with E-state index in [1.807, 2.05) is 0 Å². The molecule has 1 atom stereocenters. The quantitative estimate of drug-likeness (QED) is 0.914. The zero-order valence-corrected chi connectivity index (χ0v) is 12.6. The molecule has 0 spiro atoms. The summed E-state index contributed by atoms with van der Waals surface area (Å²) in [5.41, 5.74) is 3.60. The summed E-state index contributed by atoms with van der Waals surface area (Å²) in [7, 11) is 2.11. The number of likely N-dealkylation sites (N-methyl/N-ethyl adjacent to an activating group) is 1. The van der Waals surface area contributed by atoms with Crippen molar-refractivity contribution in [1.82, 2.24) is 9.80 Å². The number of hydrogen-bond acceptors (Lipinski definition) is 3. The molecule has 1 aromatic rings. The van der Waals surface area contributed by atoms with Crippen molar-refractivity contribution in [2.24, 2.45) is 0 Å². The van der Waals surface area contributed by atoms with Crippen molar-refractivity contribution in [2.45, 2.75) is 26.3 Å². The molecule has 4 nitrogen and oxygen atoms in total. The van der Waals surface area contributed by atoms with Crippen molar-refractivity contribution in [1.29, 1.82) is 0 Å². The van der Waals surface area contributed by atoms with Crippen LogP contribution in [0.5, 0.6) is 0 Å². The molecule has 0 amide bonds. The maximum atomic E-state index is 11.2. The van der Waals surface area contributed by atoms with Crippen LogP contribution >= 0.6 is 0 Å². The predicted molar refractivity (Wildman–Crippen MR) is 80.0 cm³/mol. The lowest BCUT2D eigenvalue weighted by Crippen LogP contribution is -2.46. The van der Waals surface area contributed by atoms with Crippen molar-refractivity contribution in [2.75, 3.05) is 33.2 Å². The van der Waals surface area contributed by atoms with E-state index in [1.165, 1.54) is 11.1 Å². The third-order valence-electron chi connectivity index (χ3n) is 4.26. The van der Waals surface area contributed by atoms with Crippen molar-refractivity contribution >= 4 is 5.97 Å². The van der Waals surface area contributed by atoms with Gasteiger partial charge in [0, 0.05) is 32.2 Å². The molecule has 0 bridgehead atoms. The van der Waals surface area contributed by atoms with Gasteiger partial charge in [-0.1, -0.05) is 18.2 Å². The molecule has 1 N–H and O–H groups in total. The molecular weight excluding hydrogens is 252 g/mol. The average molecular weight is 276 g/mol. The Morgan fingerprint density at radius 1 is 1.20 bits per heavy atom. The summed E-state index contributed by atoms with van der Waals surface area (Å²) in [4.78, 5) is 15.8. The van der Waals surface area contributed by atoms with Crippen LogP contribution in [0.2, 0.25) is 0 Å². The summed E-state index contributed by atoms with van der Waals surface area (Å²) in [6.45, 7) is 8.03. The van der Waals surface area contributed by atoms with Gasteiger partial charge in [0.05, 0.1) is 6.42 Å². The zero-order chi connectivity index (χ0) is 14.7. The SMILES string of the molecule is Cc1ccc(C(CC(=O)O)N2CCN(C)CC2)cc1C. The van der Waals surface area contributed by atoms with E-state index >= 15 is 0 Å². The summed E-state index contributed by atoms with van der Waals surface area (Å²) < 4.78 is 0. The topological polar surface area (TPSA) is 43.8 Å². The number of carbonyl (C=O) groups is 1. The molecule has 4 heteroatoms. The normalized spacial score (nSPS) is 18.9. The number of carboxylic acid groups (broad SMARTS) is 1. The van der Waals surface area contributed by atoms with E-state index in [2.05, 4.69) is 48.9 Å². The average Bonchev–Trinajstić information content (AvgIpc) is 2.40.